The van der Waals surface area contributed by atoms with Gasteiger partial charge < -0.3 is 5.11 Å². The third kappa shape index (κ3) is 2.11. The van der Waals surface area contributed by atoms with Gasteiger partial charge in [0.2, 0.25) is 5.69 Å². The summed E-state index contributed by atoms with van der Waals surface area (Å²) < 4.78 is 0.949. The van der Waals surface area contributed by atoms with E-state index in [1.54, 1.807) is 0 Å². The molecule has 92 valence electrons. The Kier molecular flexibility index (Phi) is 2.90. The Morgan fingerprint density at radius 2 is 2.17 bits per heavy atom. The van der Waals surface area contributed by atoms with E-state index in [-0.39, 0.29) is 11.0 Å². The van der Waals surface area contributed by atoms with Crippen LogP contribution in [0.2, 0.25) is 5.15 Å². The van der Waals surface area contributed by atoms with Gasteiger partial charge in [-0.15, -0.1) is 10.2 Å². The molecular formula is C8H4ClN5O4. The SMILES string of the molecule is O=C(O)c1nn(-c2ccc(Cl)nn2)cc1[N+](=O)[O-]. The average Bonchev–Trinajstić information content (AvgIpc) is 2.75. The molecule has 2 aromatic rings. The molecule has 0 aromatic carbocycles. The number of carboxylic acid groups (broad SMARTS) is 1. The minimum Gasteiger partial charge on any atom is -0.476 e. The van der Waals surface area contributed by atoms with Gasteiger partial charge in [0, 0.05) is 0 Å². The van der Waals surface area contributed by atoms with Gasteiger partial charge in [0.25, 0.3) is 0 Å². The van der Waals surface area contributed by atoms with E-state index in [4.69, 9.17) is 16.7 Å². The molecule has 2 aromatic heterocycles. The lowest BCUT2D eigenvalue weighted by molar-refractivity contribution is -0.385. The van der Waals surface area contributed by atoms with Crippen molar-refractivity contribution in [1.82, 2.24) is 20.0 Å². The Morgan fingerprint density at radius 3 is 2.61 bits per heavy atom. The molecule has 0 spiro atoms. The molecule has 1 N–H and O–H groups in total. The Hall–Kier alpha value is -2.55. The van der Waals surface area contributed by atoms with Crippen molar-refractivity contribution in [2.45, 2.75) is 0 Å². The topological polar surface area (TPSA) is 124 Å². The molecular weight excluding hydrogens is 266 g/mol. The number of hydrogen-bond acceptors (Lipinski definition) is 6. The molecule has 0 bridgehead atoms. The summed E-state index contributed by atoms with van der Waals surface area (Å²) in [6.45, 7) is 0. The van der Waals surface area contributed by atoms with E-state index >= 15 is 0 Å². The van der Waals surface area contributed by atoms with Gasteiger partial charge in [-0.1, -0.05) is 11.6 Å². The molecule has 0 saturated heterocycles. The standard InChI is InChI=1S/C8H4ClN5O4/c9-5-1-2-6(11-10-5)13-3-4(14(17)18)7(12-13)8(15)16/h1-3H,(H,15,16). The molecule has 0 saturated carbocycles. The van der Waals surface area contributed by atoms with Gasteiger partial charge in [-0.25, -0.2) is 9.48 Å². The van der Waals surface area contributed by atoms with Crippen molar-refractivity contribution in [3.8, 4) is 5.82 Å². The van der Waals surface area contributed by atoms with Crippen molar-refractivity contribution in [2.75, 3.05) is 0 Å². The number of nitrogens with zero attached hydrogens (tertiary/aromatic N) is 5. The Morgan fingerprint density at radius 1 is 1.44 bits per heavy atom. The lowest BCUT2D eigenvalue weighted by atomic mass is 10.4. The van der Waals surface area contributed by atoms with Crippen LogP contribution in [0.5, 0.6) is 0 Å². The molecule has 0 aliphatic heterocycles. The summed E-state index contributed by atoms with van der Waals surface area (Å²) in [7, 11) is 0. The van der Waals surface area contributed by atoms with E-state index in [1.165, 1.54) is 12.1 Å². The van der Waals surface area contributed by atoms with Gasteiger partial charge in [-0.05, 0) is 12.1 Å². The van der Waals surface area contributed by atoms with Crippen molar-refractivity contribution in [3.63, 3.8) is 0 Å². The molecule has 18 heavy (non-hydrogen) atoms. The van der Waals surface area contributed by atoms with Crippen molar-refractivity contribution in [1.29, 1.82) is 0 Å². The highest BCUT2D eigenvalue weighted by Crippen LogP contribution is 2.18. The predicted molar refractivity (Wildman–Crippen MR) is 57.8 cm³/mol. The van der Waals surface area contributed by atoms with Crippen LogP contribution in [-0.4, -0.2) is 36.0 Å². The highest BCUT2D eigenvalue weighted by molar-refractivity contribution is 6.29. The normalized spacial score (nSPS) is 10.3. The molecule has 9 nitrogen and oxygen atoms in total. The summed E-state index contributed by atoms with van der Waals surface area (Å²) in [6.07, 6.45) is 0.946. The Labute approximate surface area is 104 Å². The number of carbonyl (C=O) groups is 1. The van der Waals surface area contributed by atoms with E-state index in [0.29, 0.717) is 0 Å². The largest absolute Gasteiger partial charge is 0.476 e. The van der Waals surface area contributed by atoms with E-state index in [0.717, 1.165) is 10.9 Å². The van der Waals surface area contributed by atoms with Crippen LogP contribution in [0.3, 0.4) is 0 Å². The van der Waals surface area contributed by atoms with Gasteiger partial charge in [-0.2, -0.15) is 5.10 Å². The van der Waals surface area contributed by atoms with Gasteiger partial charge >= 0.3 is 11.7 Å². The number of nitro groups is 1. The zero-order chi connectivity index (χ0) is 13.3. The fraction of sp³-hybridized carbons (Fsp3) is 0. The summed E-state index contributed by atoms with van der Waals surface area (Å²) in [6, 6.07) is 2.80. The first kappa shape index (κ1) is 11.9. The lowest BCUT2D eigenvalue weighted by Crippen LogP contribution is -2.04. The predicted octanol–water partition coefficient (Wildman–Crippen LogP) is 0.922. The summed E-state index contributed by atoms with van der Waals surface area (Å²) in [5, 5.41) is 30.3. The van der Waals surface area contributed by atoms with Crippen LogP contribution >= 0.6 is 11.6 Å². The molecule has 0 fully saturated rings. The van der Waals surface area contributed by atoms with Gasteiger partial charge in [-0.3, -0.25) is 10.1 Å². The number of rotatable bonds is 3. The second kappa shape index (κ2) is 4.37. The van der Waals surface area contributed by atoms with Crippen molar-refractivity contribution >= 4 is 23.3 Å². The number of aromatic carboxylic acids is 1. The maximum Gasteiger partial charge on any atom is 0.363 e. The average molecular weight is 270 g/mol. The van der Waals surface area contributed by atoms with E-state index in [9.17, 15) is 14.9 Å². The number of carboxylic acids is 1. The second-order valence-corrected chi connectivity index (χ2v) is 3.47. The molecule has 0 amide bonds. The van der Waals surface area contributed by atoms with Gasteiger partial charge in [0.15, 0.2) is 11.0 Å². The highest BCUT2D eigenvalue weighted by Gasteiger charge is 2.25. The molecule has 10 heteroatoms. The molecule has 0 unspecified atom stereocenters. The summed E-state index contributed by atoms with van der Waals surface area (Å²) in [5.74, 6) is -1.38. The van der Waals surface area contributed by atoms with Crippen LogP contribution in [0.1, 0.15) is 10.5 Å². The van der Waals surface area contributed by atoms with Crippen molar-refractivity contribution in [2.24, 2.45) is 0 Å². The van der Waals surface area contributed by atoms with Crippen molar-refractivity contribution in [3.05, 3.63) is 39.3 Å². The van der Waals surface area contributed by atoms with Crippen LogP contribution in [0, 0.1) is 10.1 Å². The fourth-order valence-electron chi connectivity index (χ4n) is 1.20. The number of hydrogen-bond donors (Lipinski definition) is 1. The minimum atomic E-state index is -1.50. The smallest absolute Gasteiger partial charge is 0.363 e. The maximum atomic E-state index is 10.8. The monoisotopic (exact) mass is 269 g/mol. The zero-order valence-electron chi connectivity index (χ0n) is 8.52. The van der Waals surface area contributed by atoms with Gasteiger partial charge in [0.1, 0.15) is 6.20 Å². The van der Waals surface area contributed by atoms with Crippen molar-refractivity contribution < 1.29 is 14.8 Å². The lowest BCUT2D eigenvalue weighted by Gasteiger charge is -1.96. The molecule has 0 aliphatic carbocycles. The van der Waals surface area contributed by atoms with Crippen LogP contribution in [-0.2, 0) is 0 Å². The first-order valence-corrected chi connectivity index (χ1v) is 4.84. The Bertz CT molecular complexity index is 591. The van der Waals surface area contributed by atoms with E-state index in [2.05, 4.69) is 15.3 Å². The Balaban J connectivity index is 2.53. The molecule has 0 aliphatic rings. The highest BCUT2D eigenvalue weighted by atomic mass is 35.5. The summed E-state index contributed by atoms with van der Waals surface area (Å²) in [5.41, 5.74) is -1.30. The number of aromatic nitrogens is 4. The van der Waals surface area contributed by atoms with Crippen LogP contribution in [0.4, 0.5) is 5.69 Å². The number of halogens is 1. The van der Waals surface area contributed by atoms with Gasteiger partial charge in [0.05, 0.1) is 4.92 Å². The zero-order valence-corrected chi connectivity index (χ0v) is 9.27. The second-order valence-electron chi connectivity index (χ2n) is 3.08. The van der Waals surface area contributed by atoms with E-state index in [1.807, 2.05) is 0 Å². The van der Waals surface area contributed by atoms with Crippen LogP contribution in [0.15, 0.2) is 18.3 Å². The molecule has 2 heterocycles. The fourth-order valence-corrected chi connectivity index (χ4v) is 1.30. The van der Waals surface area contributed by atoms with E-state index < -0.39 is 22.3 Å². The summed E-state index contributed by atoms with van der Waals surface area (Å²) >= 11 is 5.53. The third-order valence-electron chi connectivity index (χ3n) is 1.95. The minimum absolute atomic E-state index is 0.120. The molecule has 2 rings (SSSR count). The first-order valence-electron chi connectivity index (χ1n) is 4.46. The quantitative estimate of drug-likeness (QED) is 0.649. The van der Waals surface area contributed by atoms with Crippen LogP contribution < -0.4 is 0 Å². The molecule has 0 radical (unpaired) electrons. The maximum absolute atomic E-state index is 10.8. The first-order chi connectivity index (χ1) is 8.49. The van der Waals surface area contributed by atoms with Crippen LogP contribution in [0.25, 0.3) is 5.82 Å². The molecule has 0 atom stereocenters. The third-order valence-corrected chi connectivity index (χ3v) is 2.15. The summed E-state index contributed by atoms with van der Waals surface area (Å²) in [4.78, 5) is 20.6.